The van der Waals surface area contributed by atoms with E-state index in [1.807, 2.05) is 20.8 Å². The lowest BCUT2D eigenvalue weighted by Gasteiger charge is -2.25. The van der Waals surface area contributed by atoms with Gasteiger partial charge in [-0.1, -0.05) is 27.2 Å². The van der Waals surface area contributed by atoms with Crippen molar-refractivity contribution in [2.24, 2.45) is 5.41 Å². The fraction of sp³-hybridized carbons (Fsp3) is 1.00. The van der Waals surface area contributed by atoms with Crippen molar-refractivity contribution >= 4 is 0 Å². The van der Waals surface area contributed by atoms with Crippen LogP contribution in [0.25, 0.3) is 0 Å². The van der Waals surface area contributed by atoms with Gasteiger partial charge in [-0.25, -0.2) is 0 Å². The topological polar surface area (TPSA) is 41.5 Å². The Morgan fingerprint density at radius 3 is 2.24 bits per heavy atom. The molecule has 0 bridgehead atoms. The molecule has 0 heterocycles. The third-order valence-electron chi connectivity index (χ3n) is 2.97. The van der Waals surface area contributed by atoms with E-state index in [1.165, 1.54) is 12.8 Å². The summed E-state index contributed by atoms with van der Waals surface area (Å²) in [6, 6.07) is 0. The molecule has 0 amide bonds. The van der Waals surface area contributed by atoms with Gasteiger partial charge in [-0.2, -0.15) is 0 Å². The van der Waals surface area contributed by atoms with Crippen molar-refractivity contribution in [2.75, 3.05) is 13.1 Å². The van der Waals surface area contributed by atoms with Crippen LogP contribution in [0.1, 0.15) is 60.8 Å². The van der Waals surface area contributed by atoms with Crippen molar-refractivity contribution in [1.82, 2.24) is 5.32 Å². The van der Waals surface area contributed by atoms with Crippen LogP contribution >= 0.6 is 0 Å². The van der Waals surface area contributed by atoms with E-state index < -0.39 is 6.29 Å². The summed E-state index contributed by atoms with van der Waals surface area (Å²) in [5.41, 5.74) is 0.146. The average molecular weight is 245 g/mol. The van der Waals surface area contributed by atoms with E-state index in [2.05, 4.69) is 26.1 Å². The molecule has 0 aliphatic rings. The molecule has 3 nitrogen and oxygen atoms in total. The van der Waals surface area contributed by atoms with E-state index in [4.69, 9.17) is 4.74 Å². The Bertz CT molecular complexity index is 197. The number of hydrogen-bond donors (Lipinski definition) is 2. The Hall–Kier alpha value is -0.120. The summed E-state index contributed by atoms with van der Waals surface area (Å²) in [6.45, 7) is 14.1. The van der Waals surface area contributed by atoms with E-state index in [9.17, 15) is 5.11 Å². The lowest BCUT2D eigenvalue weighted by molar-refractivity contribution is -0.162. The lowest BCUT2D eigenvalue weighted by Crippen LogP contribution is -2.35. The molecule has 0 aromatic rings. The second kappa shape index (κ2) is 7.34. The molecule has 1 atom stereocenters. The summed E-state index contributed by atoms with van der Waals surface area (Å²) in [5, 5.41) is 12.8. The molecule has 0 aromatic carbocycles. The van der Waals surface area contributed by atoms with Crippen LogP contribution in [0.3, 0.4) is 0 Å². The zero-order chi connectivity index (χ0) is 13.5. The maximum Gasteiger partial charge on any atom is 0.167 e. The van der Waals surface area contributed by atoms with Crippen molar-refractivity contribution in [3.8, 4) is 0 Å². The quantitative estimate of drug-likeness (QED) is 0.510. The molecule has 0 fully saturated rings. The summed E-state index contributed by atoms with van der Waals surface area (Å²) in [4.78, 5) is 0. The fourth-order valence-electron chi connectivity index (χ4n) is 1.54. The monoisotopic (exact) mass is 245 g/mol. The summed E-state index contributed by atoms with van der Waals surface area (Å²) >= 11 is 0. The lowest BCUT2D eigenvalue weighted by atomic mass is 9.85. The van der Waals surface area contributed by atoms with Crippen molar-refractivity contribution in [2.45, 2.75) is 72.7 Å². The largest absolute Gasteiger partial charge is 0.367 e. The molecular formula is C14H31NO2. The van der Waals surface area contributed by atoms with Gasteiger partial charge in [0.25, 0.3) is 0 Å². The predicted octanol–water partition coefficient (Wildman–Crippen LogP) is 2.93. The minimum absolute atomic E-state index is 0.286. The average Bonchev–Trinajstić information content (AvgIpc) is 2.14. The number of hydrogen-bond acceptors (Lipinski definition) is 3. The molecule has 3 heteroatoms. The number of aliphatic hydroxyl groups excluding tert-OH is 1. The van der Waals surface area contributed by atoms with Gasteiger partial charge in [0.05, 0.1) is 5.60 Å². The normalized spacial score (nSPS) is 15.0. The Kier molecular flexibility index (Phi) is 7.29. The predicted molar refractivity (Wildman–Crippen MR) is 73.0 cm³/mol. The first-order valence-corrected chi connectivity index (χ1v) is 6.73. The van der Waals surface area contributed by atoms with Gasteiger partial charge in [0, 0.05) is 6.54 Å². The van der Waals surface area contributed by atoms with E-state index >= 15 is 0 Å². The van der Waals surface area contributed by atoms with Crippen LogP contribution in [0.15, 0.2) is 0 Å². The highest BCUT2D eigenvalue weighted by atomic mass is 16.6. The fourth-order valence-corrected chi connectivity index (χ4v) is 1.54. The molecule has 0 aromatic heterocycles. The Morgan fingerprint density at radius 1 is 1.18 bits per heavy atom. The minimum atomic E-state index is -0.714. The maximum atomic E-state index is 9.61. The first-order chi connectivity index (χ1) is 7.66. The third kappa shape index (κ3) is 10.7. The highest BCUT2D eigenvalue weighted by molar-refractivity contribution is 4.67. The molecule has 0 saturated carbocycles. The summed E-state index contributed by atoms with van der Waals surface area (Å²) in [6.07, 6.45) is 2.85. The second-order valence-electron chi connectivity index (χ2n) is 6.51. The van der Waals surface area contributed by atoms with Gasteiger partial charge in [-0.15, -0.1) is 0 Å². The molecule has 104 valence electrons. The van der Waals surface area contributed by atoms with Crippen LogP contribution in [-0.4, -0.2) is 30.1 Å². The second-order valence-corrected chi connectivity index (χ2v) is 6.51. The first-order valence-electron chi connectivity index (χ1n) is 6.73. The highest BCUT2D eigenvalue weighted by Gasteiger charge is 2.16. The van der Waals surface area contributed by atoms with E-state index in [-0.39, 0.29) is 5.60 Å². The minimum Gasteiger partial charge on any atom is -0.367 e. The van der Waals surface area contributed by atoms with Gasteiger partial charge in [0.2, 0.25) is 0 Å². The van der Waals surface area contributed by atoms with Crippen LogP contribution < -0.4 is 5.32 Å². The molecule has 0 rings (SSSR count). The molecule has 0 radical (unpaired) electrons. The summed E-state index contributed by atoms with van der Waals surface area (Å²) < 4.78 is 5.40. The van der Waals surface area contributed by atoms with E-state index in [0.717, 1.165) is 13.0 Å². The van der Waals surface area contributed by atoms with Gasteiger partial charge in [0.15, 0.2) is 6.29 Å². The standard InChI is InChI=1S/C14H31NO2/c1-7-14(5,6)9-8-10-15-11-12(16)17-13(2,3)4/h12,15-16H,7-11H2,1-6H3/t12-/m0/s1. The van der Waals surface area contributed by atoms with E-state index in [1.54, 1.807) is 0 Å². The molecular weight excluding hydrogens is 214 g/mol. The number of rotatable bonds is 8. The van der Waals surface area contributed by atoms with Gasteiger partial charge in [0.1, 0.15) is 0 Å². The summed E-state index contributed by atoms with van der Waals surface area (Å²) in [7, 11) is 0. The zero-order valence-electron chi connectivity index (χ0n) is 12.5. The first kappa shape index (κ1) is 16.9. The SMILES string of the molecule is CCC(C)(C)CCCNC[C@@H](O)OC(C)(C)C. The zero-order valence-corrected chi connectivity index (χ0v) is 12.5. The Balaban J connectivity index is 3.52. The van der Waals surface area contributed by atoms with Gasteiger partial charge >= 0.3 is 0 Å². The number of aliphatic hydroxyl groups is 1. The van der Waals surface area contributed by atoms with Gasteiger partial charge in [-0.3, -0.25) is 0 Å². The Labute approximate surface area is 107 Å². The molecule has 0 aliphatic heterocycles. The van der Waals surface area contributed by atoms with E-state index in [0.29, 0.717) is 12.0 Å². The molecule has 17 heavy (non-hydrogen) atoms. The molecule has 0 unspecified atom stereocenters. The van der Waals surface area contributed by atoms with Crippen LogP contribution in [-0.2, 0) is 4.74 Å². The van der Waals surface area contributed by atoms with Crippen LogP contribution in [0, 0.1) is 5.41 Å². The molecule has 0 aliphatic carbocycles. The van der Waals surface area contributed by atoms with Crippen LogP contribution in [0.2, 0.25) is 0 Å². The molecule has 0 saturated heterocycles. The van der Waals surface area contributed by atoms with Crippen LogP contribution in [0.4, 0.5) is 0 Å². The summed E-state index contributed by atoms with van der Waals surface area (Å²) in [5.74, 6) is 0. The highest BCUT2D eigenvalue weighted by Crippen LogP contribution is 2.25. The van der Waals surface area contributed by atoms with Crippen molar-refractivity contribution in [3.63, 3.8) is 0 Å². The smallest absolute Gasteiger partial charge is 0.167 e. The Morgan fingerprint density at radius 2 is 1.76 bits per heavy atom. The van der Waals surface area contributed by atoms with Crippen LogP contribution in [0.5, 0.6) is 0 Å². The van der Waals surface area contributed by atoms with Crippen molar-refractivity contribution in [3.05, 3.63) is 0 Å². The van der Waals surface area contributed by atoms with Crippen molar-refractivity contribution < 1.29 is 9.84 Å². The molecule has 0 spiro atoms. The van der Waals surface area contributed by atoms with Crippen molar-refractivity contribution in [1.29, 1.82) is 0 Å². The maximum absolute atomic E-state index is 9.61. The van der Waals surface area contributed by atoms with Gasteiger partial charge in [-0.05, 0) is 45.6 Å². The van der Waals surface area contributed by atoms with Gasteiger partial charge < -0.3 is 15.2 Å². The number of nitrogens with one attached hydrogen (secondary N) is 1. The number of ether oxygens (including phenoxy) is 1. The third-order valence-corrected chi connectivity index (χ3v) is 2.97. The molecule has 2 N–H and O–H groups in total.